The van der Waals surface area contributed by atoms with E-state index in [4.69, 9.17) is 9.72 Å². The van der Waals surface area contributed by atoms with Gasteiger partial charge in [0.25, 0.3) is 0 Å². The largest absolute Gasteiger partial charge is 0.480 e. The van der Waals surface area contributed by atoms with Crippen LogP contribution in [0.1, 0.15) is 41.4 Å². The van der Waals surface area contributed by atoms with E-state index in [1.165, 1.54) is 10.9 Å². The lowest BCUT2D eigenvalue weighted by Crippen LogP contribution is -2.04. The van der Waals surface area contributed by atoms with Crippen LogP contribution in [0.5, 0.6) is 5.88 Å². The second-order valence-electron chi connectivity index (χ2n) is 9.35. The maximum Gasteiger partial charge on any atom is 0.434 e. The maximum atomic E-state index is 13.1. The molecule has 9 nitrogen and oxygen atoms in total. The molecule has 1 fully saturated rings. The highest BCUT2D eigenvalue weighted by Gasteiger charge is 2.34. The molecule has 6 rings (SSSR count). The van der Waals surface area contributed by atoms with Gasteiger partial charge in [-0.05, 0) is 18.4 Å². The standard InChI is InChI=1S/C26H23F3N8O/c1-36-12-19(26(27,28)29)33-24(36)16-6-4-14(5-7-16)10-17-22-18(37(2)35-17)11-30-23(34-22)20-21(15-8-9-15)31-13-32-25(20)38-3/h4-7,11-13,15H,8-10H2,1-3H3. The van der Waals surface area contributed by atoms with Gasteiger partial charge in [-0.2, -0.15) is 18.3 Å². The zero-order valence-corrected chi connectivity index (χ0v) is 20.9. The van der Waals surface area contributed by atoms with Gasteiger partial charge in [-0.3, -0.25) is 4.68 Å². The van der Waals surface area contributed by atoms with Crippen LogP contribution in [-0.2, 0) is 26.7 Å². The topological polar surface area (TPSA) is 96.4 Å². The number of halogens is 3. The average molecular weight is 521 g/mol. The first kappa shape index (κ1) is 24.0. The van der Waals surface area contributed by atoms with E-state index in [9.17, 15) is 13.2 Å². The highest BCUT2D eigenvalue weighted by molar-refractivity contribution is 5.80. The molecule has 4 aromatic heterocycles. The molecule has 12 heteroatoms. The lowest BCUT2D eigenvalue weighted by atomic mass is 10.1. The third kappa shape index (κ3) is 4.25. The normalized spacial score (nSPS) is 13.8. The van der Waals surface area contributed by atoms with Gasteiger partial charge in [0.2, 0.25) is 5.88 Å². The van der Waals surface area contributed by atoms with Crippen LogP contribution in [0.15, 0.2) is 43.0 Å². The van der Waals surface area contributed by atoms with E-state index in [1.807, 2.05) is 19.2 Å². The number of aryl methyl sites for hydroxylation is 2. The number of rotatable bonds is 6. The number of nitrogens with zero attached hydrogens (tertiary/aromatic N) is 8. The van der Waals surface area contributed by atoms with E-state index < -0.39 is 11.9 Å². The van der Waals surface area contributed by atoms with Crippen LogP contribution in [-0.4, -0.2) is 46.4 Å². The second-order valence-corrected chi connectivity index (χ2v) is 9.35. The Balaban J connectivity index is 1.34. The summed E-state index contributed by atoms with van der Waals surface area (Å²) in [5.74, 6) is 1.51. The lowest BCUT2D eigenvalue weighted by Gasteiger charge is -2.10. The Morgan fingerprint density at radius 3 is 2.45 bits per heavy atom. The van der Waals surface area contributed by atoms with Crippen molar-refractivity contribution in [3.8, 4) is 28.7 Å². The average Bonchev–Trinajstić information content (AvgIpc) is 3.61. The molecule has 0 aliphatic heterocycles. The smallest absolute Gasteiger partial charge is 0.434 e. The molecular formula is C26H23F3N8O. The van der Waals surface area contributed by atoms with E-state index in [0.717, 1.165) is 41.5 Å². The third-order valence-corrected chi connectivity index (χ3v) is 6.64. The number of aromatic nitrogens is 8. The van der Waals surface area contributed by atoms with Gasteiger partial charge in [0.15, 0.2) is 11.5 Å². The molecule has 0 bridgehead atoms. The Hall–Kier alpha value is -4.35. The van der Waals surface area contributed by atoms with Crippen LogP contribution < -0.4 is 4.74 Å². The number of hydrogen-bond acceptors (Lipinski definition) is 7. The molecule has 0 saturated heterocycles. The van der Waals surface area contributed by atoms with Gasteiger partial charge in [-0.1, -0.05) is 24.3 Å². The van der Waals surface area contributed by atoms with Crippen molar-refractivity contribution < 1.29 is 17.9 Å². The number of methoxy groups -OCH3 is 1. The van der Waals surface area contributed by atoms with Gasteiger partial charge in [-0.15, -0.1) is 0 Å². The summed E-state index contributed by atoms with van der Waals surface area (Å²) >= 11 is 0. The summed E-state index contributed by atoms with van der Waals surface area (Å²) in [4.78, 5) is 22.0. The molecule has 1 aliphatic rings. The van der Waals surface area contributed by atoms with Crippen molar-refractivity contribution in [1.29, 1.82) is 0 Å². The minimum atomic E-state index is -4.49. The van der Waals surface area contributed by atoms with Crippen molar-refractivity contribution in [3.63, 3.8) is 0 Å². The summed E-state index contributed by atoms with van der Waals surface area (Å²) in [6, 6.07) is 7.24. The fraction of sp³-hybridized carbons (Fsp3) is 0.308. The molecule has 0 spiro atoms. The van der Waals surface area contributed by atoms with Crippen LogP contribution in [0.3, 0.4) is 0 Å². The van der Waals surface area contributed by atoms with E-state index in [2.05, 4.69) is 25.0 Å². The van der Waals surface area contributed by atoms with Crippen LogP contribution in [0.2, 0.25) is 0 Å². The monoisotopic (exact) mass is 520 g/mol. The second kappa shape index (κ2) is 8.89. The number of fused-ring (bicyclic) bond motifs is 1. The molecule has 5 aromatic rings. The predicted octanol–water partition coefficient (Wildman–Crippen LogP) is 4.72. The molecule has 0 unspecified atom stereocenters. The highest BCUT2D eigenvalue weighted by Crippen LogP contribution is 2.45. The van der Waals surface area contributed by atoms with Crippen LogP contribution >= 0.6 is 0 Å². The molecule has 4 heterocycles. The third-order valence-electron chi connectivity index (χ3n) is 6.64. The van der Waals surface area contributed by atoms with Crippen LogP contribution in [0.25, 0.3) is 33.8 Å². The molecule has 1 saturated carbocycles. The predicted molar refractivity (Wildman–Crippen MR) is 132 cm³/mol. The Bertz CT molecular complexity index is 1650. The summed E-state index contributed by atoms with van der Waals surface area (Å²) in [6.45, 7) is 0. The van der Waals surface area contributed by atoms with Crippen molar-refractivity contribution in [3.05, 3.63) is 65.6 Å². The van der Waals surface area contributed by atoms with E-state index in [-0.39, 0.29) is 5.82 Å². The fourth-order valence-corrected chi connectivity index (χ4v) is 4.60. The number of benzene rings is 1. The minimum absolute atomic E-state index is 0.245. The van der Waals surface area contributed by atoms with Crippen molar-refractivity contribution >= 4 is 11.0 Å². The summed E-state index contributed by atoms with van der Waals surface area (Å²) in [7, 11) is 4.94. The van der Waals surface area contributed by atoms with Crippen molar-refractivity contribution in [2.24, 2.45) is 14.1 Å². The van der Waals surface area contributed by atoms with Gasteiger partial charge >= 0.3 is 6.18 Å². The van der Waals surface area contributed by atoms with Gasteiger partial charge in [0.05, 0.1) is 24.7 Å². The van der Waals surface area contributed by atoms with Crippen LogP contribution in [0.4, 0.5) is 13.2 Å². The molecule has 0 amide bonds. The van der Waals surface area contributed by atoms with Gasteiger partial charge in [0, 0.05) is 38.2 Å². The zero-order valence-electron chi connectivity index (χ0n) is 20.9. The Morgan fingerprint density at radius 1 is 1.03 bits per heavy atom. The van der Waals surface area contributed by atoms with Gasteiger partial charge in [0.1, 0.15) is 28.7 Å². The summed E-state index contributed by atoms with van der Waals surface area (Å²) in [6.07, 6.45) is 2.31. The lowest BCUT2D eigenvalue weighted by molar-refractivity contribution is -0.140. The Morgan fingerprint density at radius 2 is 1.79 bits per heavy atom. The van der Waals surface area contributed by atoms with Crippen LogP contribution in [0, 0.1) is 0 Å². The summed E-state index contributed by atoms with van der Waals surface area (Å²) in [5, 5.41) is 4.67. The fourth-order valence-electron chi connectivity index (χ4n) is 4.60. The maximum absolute atomic E-state index is 13.1. The van der Waals surface area contributed by atoms with E-state index in [1.54, 1.807) is 37.2 Å². The minimum Gasteiger partial charge on any atom is -0.480 e. The van der Waals surface area contributed by atoms with Crippen molar-refractivity contribution in [1.82, 2.24) is 39.3 Å². The Labute approximate surface area is 215 Å². The molecule has 194 valence electrons. The first-order valence-electron chi connectivity index (χ1n) is 12.0. The molecule has 1 aromatic carbocycles. The molecular weight excluding hydrogens is 497 g/mol. The molecule has 1 aliphatic carbocycles. The first-order chi connectivity index (χ1) is 18.2. The zero-order chi connectivity index (χ0) is 26.6. The van der Waals surface area contributed by atoms with Gasteiger partial charge in [-0.25, -0.2) is 24.9 Å². The molecule has 0 N–H and O–H groups in total. The first-order valence-corrected chi connectivity index (χ1v) is 12.0. The quantitative estimate of drug-likeness (QED) is 0.320. The van der Waals surface area contributed by atoms with E-state index in [0.29, 0.717) is 40.7 Å². The number of hydrogen-bond donors (Lipinski definition) is 0. The SMILES string of the molecule is COc1ncnc(C2CC2)c1-c1ncc2c(n1)c(Cc1ccc(-c3nc(C(F)(F)F)cn3C)cc1)nn2C. The Kier molecular flexibility index (Phi) is 5.62. The molecule has 38 heavy (non-hydrogen) atoms. The number of ether oxygens (including phenoxy) is 1. The number of alkyl halides is 3. The molecule has 0 radical (unpaired) electrons. The summed E-state index contributed by atoms with van der Waals surface area (Å²) in [5.41, 5.74) is 4.42. The number of imidazole rings is 1. The molecule has 0 atom stereocenters. The van der Waals surface area contributed by atoms with Crippen molar-refractivity contribution in [2.75, 3.05) is 7.11 Å². The van der Waals surface area contributed by atoms with E-state index >= 15 is 0 Å². The highest BCUT2D eigenvalue weighted by atomic mass is 19.4. The van der Waals surface area contributed by atoms with Gasteiger partial charge < -0.3 is 9.30 Å². The van der Waals surface area contributed by atoms with Crippen molar-refractivity contribution in [2.45, 2.75) is 31.4 Å². The summed E-state index contributed by atoms with van der Waals surface area (Å²) < 4.78 is 47.8.